The van der Waals surface area contributed by atoms with Gasteiger partial charge in [-0.1, -0.05) is 25.5 Å². The number of carbonyl (C=O) groups excluding carboxylic acids is 1. The molecule has 1 aliphatic rings. The van der Waals surface area contributed by atoms with Crippen LogP contribution in [0.5, 0.6) is 0 Å². The molecular weight excluding hydrogens is 276 g/mol. The van der Waals surface area contributed by atoms with Crippen molar-refractivity contribution in [3.05, 3.63) is 29.8 Å². The highest BCUT2D eigenvalue weighted by Crippen LogP contribution is 2.24. The lowest BCUT2D eigenvalue weighted by atomic mass is 9.93. The van der Waals surface area contributed by atoms with Gasteiger partial charge in [-0.25, -0.2) is 0 Å². The van der Waals surface area contributed by atoms with Crippen LogP contribution in [-0.2, 0) is 0 Å². The van der Waals surface area contributed by atoms with E-state index < -0.39 is 0 Å². The first-order chi connectivity index (χ1) is 10.6. The van der Waals surface area contributed by atoms with Crippen LogP contribution in [0.3, 0.4) is 0 Å². The maximum atomic E-state index is 12.8. The number of nitrogens with zero attached hydrogens (tertiary/aromatic N) is 1. The van der Waals surface area contributed by atoms with Gasteiger partial charge in [-0.2, -0.15) is 0 Å². The van der Waals surface area contributed by atoms with E-state index in [1.165, 1.54) is 0 Å². The molecule has 1 saturated heterocycles. The summed E-state index contributed by atoms with van der Waals surface area (Å²) in [7, 11) is 0. The minimum absolute atomic E-state index is 0.0740. The first-order valence-corrected chi connectivity index (χ1v) is 8.43. The Bertz CT molecular complexity index is 488. The molecule has 2 unspecified atom stereocenters. The van der Waals surface area contributed by atoms with Crippen molar-refractivity contribution in [2.24, 2.45) is 5.92 Å². The van der Waals surface area contributed by atoms with Crippen LogP contribution >= 0.6 is 0 Å². The van der Waals surface area contributed by atoms with Gasteiger partial charge in [0.2, 0.25) is 0 Å². The van der Waals surface area contributed by atoms with Crippen LogP contribution in [0.25, 0.3) is 0 Å². The smallest absolute Gasteiger partial charge is 0.255 e. The molecule has 122 valence electrons. The molecule has 0 bridgehead atoms. The van der Waals surface area contributed by atoms with Gasteiger partial charge in [0.25, 0.3) is 5.91 Å². The molecular formula is C18H28N2O2. The summed E-state index contributed by atoms with van der Waals surface area (Å²) in [6, 6.07) is 7.73. The first kappa shape index (κ1) is 16.8. The highest BCUT2D eigenvalue weighted by molar-refractivity contribution is 5.99. The zero-order valence-corrected chi connectivity index (χ0v) is 13.7. The number of nitrogens with one attached hydrogen (secondary N) is 1. The predicted octanol–water partition coefficient (Wildman–Crippen LogP) is 3.13. The molecule has 0 saturated carbocycles. The third-order valence-corrected chi connectivity index (χ3v) is 4.43. The lowest BCUT2D eigenvalue weighted by molar-refractivity contribution is 0.0467. The van der Waals surface area contributed by atoms with Gasteiger partial charge in [-0.15, -0.1) is 0 Å². The number of hydrogen-bond donors (Lipinski definition) is 2. The Morgan fingerprint density at radius 2 is 2.23 bits per heavy atom. The highest BCUT2D eigenvalue weighted by Gasteiger charge is 2.27. The van der Waals surface area contributed by atoms with Crippen molar-refractivity contribution in [1.29, 1.82) is 0 Å². The van der Waals surface area contributed by atoms with Crippen molar-refractivity contribution >= 4 is 11.6 Å². The number of piperidine rings is 1. The molecule has 1 heterocycles. The lowest BCUT2D eigenvalue weighted by Crippen LogP contribution is -2.43. The average molecular weight is 304 g/mol. The quantitative estimate of drug-likeness (QED) is 0.794. The van der Waals surface area contributed by atoms with E-state index in [4.69, 9.17) is 0 Å². The summed E-state index contributed by atoms with van der Waals surface area (Å²) in [6.45, 7) is 6.30. The van der Waals surface area contributed by atoms with Crippen molar-refractivity contribution < 1.29 is 9.90 Å². The Balaban J connectivity index is 2.08. The summed E-state index contributed by atoms with van der Waals surface area (Å²) in [5.74, 6) is 0.267. The topological polar surface area (TPSA) is 52.6 Å². The third kappa shape index (κ3) is 4.23. The number of likely N-dealkylation sites (tertiary alicyclic amines) is 1. The minimum Gasteiger partial charge on any atom is -0.393 e. The second-order valence-electron chi connectivity index (χ2n) is 6.22. The molecule has 22 heavy (non-hydrogen) atoms. The Morgan fingerprint density at radius 3 is 2.95 bits per heavy atom. The van der Waals surface area contributed by atoms with Crippen molar-refractivity contribution in [3.63, 3.8) is 0 Å². The standard InChI is InChI=1S/C18H28N2O2/c1-3-4-11-19-17-10-6-5-9-16(17)18(22)20-12-7-8-15(13-20)14(2)21/h5-6,9-10,14-15,19,21H,3-4,7-8,11-13H2,1-2H3. The van der Waals surface area contributed by atoms with Gasteiger partial charge in [-0.05, 0) is 38.3 Å². The molecule has 1 aromatic rings. The van der Waals surface area contributed by atoms with Crippen LogP contribution in [-0.4, -0.2) is 41.7 Å². The molecule has 2 atom stereocenters. The van der Waals surface area contributed by atoms with Gasteiger partial charge in [0.05, 0.1) is 11.7 Å². The van der Waals surface area contributed by atoms with Crippen molar-refractivity contribution in [2.75, 3.05) is 25.0 Å². The van der Waals surface area contributed by atoms with E-state index in [0.717, 1.165) is 50.0 Å². The summed E-state index contributed by atoms with van der Waals surface area (Å²) in [5.41, 5.74) is 1.66. The van der Waals surface area contributed by atoms with Crippen LogP contribution < -0.4 is 5.32 Å². The lowest BCUT2D eigenvalue weighted by Gasteiger charge is -2.34. The number of anilines is 1. The van der Waals surface area contributed by atoms with E-state index in [-0.39, 0.29) is 17.9 Å². The summed E-state index contributed by atoms with van der Waals surface area (Å²) < 4.78 is 0. The zero-order valence-electron chi connectivity index (χ0n) is 13.7. The van der Waals surface area contributed by atoms with Crippen LogP contribution in [0.15, 0.2) is 24.3 Å². The van der Waals surface area contributed by atoms with E-state index in [2.05, 4.69) is 12.2 Å². The maximum absolute atomic E-state index is 12.8. The summed E-state index contributed by atoms with van der Waals surface area (Å²) in [5, 5.41) is 13.2. The SMILES string of the molecule is CCCCNc1ccccc1C(=O)N1CCCC(C(C)O)C1. The highest BCUT2D eigenvalue weighted by atomic mass is 16.3. The van der Waals surface area contributed by atoms with Crippen LogP contribution in [0.4, 0.5) is 5.69 Å². The van der Waals surface area contributed by atoms with Crippen LogP contribution in [0.1, 0.15) is 49.9 Å². The Kier molecular flexibility index (Phi) is 6.25. The van der Waals surface area contributed by atoms with E-state index in [0.29, 0.717) is 6.54 Å². The predicted molar refractivity (Wildman–Crippen MR) is 90.1 cm³/mol. The van der Waals surface area contributed by atoms with E-state index in [1.807, 2.05) is 36.1 Å². The van der Waals surface area contributed by atoms with Gasteiger partial charge in [0.1, 0.15) is 0 Å². The number of aliphatic hydroxyl groups excluding tert-OH is 1. The Hall–Kier alpha value is -1.55. The molecule has 1 amide bonds. The van der Waals surface area contributed by atoms with Gasteiger partial charge in [0.15, 0.2) is 0 Å². The minimum atomic E-state index is -0.353. The van der Waals surface area contributed by atoms with Gasteiger partial charge < -0.3 is 15.3 Å². The monoisotopic (exact) mass is 304 g/mol. The molecule has 1 fully saturated rings. The fourth-order valence-electron chi connectivity index (χ4n) is 2.98. The number of unbranched alkanes of at least 4 members (excludes halogenated alkanes) is 1. The largest absolute Gasteiger partial charge is 0.393 e. The van der Waals surface area contributed by atoms with Gasteiger partial charge >= 0.3 is 0 Å². The van der Waals surface area contributed by atoms with E-state index in [9.17, 15) is 9.90 Å². The molecule has 2 N–H and O–H groups in total. The molecule has 0 aliphatic carbocycles. The molecule has 4 nitrogen and oxygen atoms in total. The van der Waals surface area contributed by atoms with Crippen LogP contribution in [0, 0.1) is 5.92 Å². The number of amides is 1. The normalized spacial score (nSPS) is 19.8. The van der Waals surface area contributed by atoms with Crippen molar-refractivity contribution in [2.45, 2.75) is 45.6 Å². The fraction of sp³-hybridized carbons (Fsp3) is 0.611. The number of benzene rings is 1. The van der Waals surface area contributed by atoms with E-state index >= 15 is 0 Å². The Labute approximate surface area is 133 Å². The summed E-state index contributed by atoms with van der Waals surface area (Å²) in [6.07, 6.45) is 3.83. The molecule has 0 radical (unpaired) electrons. The number of carbonyl (C=O) groups is 1. The van der Waals surface area contributed by atoms with Gasteiger partial charge in [0, 0.05) is 31.2 Å². The molecule has 2 rings (SSSR count). The number of para-hydroxylation sites is 1. The van der Waals surface area contributed by atoms with Crippen LogP contribution in [0.2, 0.25) is 0 Å². The summed E-state index contributed by atoms with van der Waals surface area (Å²) in [4.78, 5) is 14.7. The molecule has 4 heteroatoms. The van der Waals surface area contributed by atoms with Crippen molar-refractivity contribution in [1.82, 2.24) is 4.90 Å². The zero-order chi connectivity index (χ0) is 15.9. The summed E-state index contributed by atoms with van der Waals surface area (Å²) >= 11 is 0. The second kappa shape index (κ2) is 8.18. The fourth-order valence-corrected chi connectivity index (χ4v) is 2.98. The third-order valence-electron chi connectivity index (χ3n) is 4.43. The first-order valence-electron chi connectivity index (χ1n) is 8.43. The molecule has 0 spiro atoms. The maximum Gasteiger partial charge on any atom is 0.255 e. The van der Waals surface area contributed by atoms with Crippen molar-refractivity contribution in [3.8, 4) is 0 Å². The number of rotatable bonds is 6. The van der Waals surface area contributed by atoms with E-state index in [1.54, 1.807) is 0 Å². The average Bonchev–Trinajstić information content (AvgIpc) is 2.55. The number of aliphatic hydroxyl groups is 1. The molecule has 0 aromatic heterocycles. The van der Waals surface area contributed by atoms with Gasteiger partial charge in [-0.3, -0.25) is 4.79 Å². The molecule has 1 aliphatic heterocycles. The number of hydrogen-bond acceptors (Lipinski definition) is 3. The second-order valence-corrected chi connectivity index (χ2v) is 6.22. The molecule has 1 aromatic carbocycles. The Morgan fingerprint density at radius 1 is 1.45 bits per heavy atom.